The van der Waals surface area contributed by atoms with E-state index in [1.165, 1.54) is 0 Å². The summed E-state index contributed by atoms with van der Waals surface area (Å²) < 4.78 is 23.0. The van der Waals surface area contributed by atoms with Gasteiger partial charge in [0, 0.05) is 13.1 Å². The molecule has 1 heterocycles. The van der Waals surface area contributed by atoms with Crippen molar-refractivity contribution >= 4 is 15.9 Å². The molecule has 6 heteroatoms. The van der Waals surface area contributed by atoms with Crippen molar-refractivity contribution in [3.05, 3.63) is 0 Å². The number of urea groups is 1. The average molecular weight is 262 g/mol. The molecule has 0 unspecified atom stereocenters. The van der Waals surface area contributed by atoms with Crippen molar-refractivity contribution < 1.29 is 13.2 Å². The van der Waals surface area contributed by atoms with Gasteiger partial charge in [-0.3, -0.25) is 0 Å². The van der Waals surface area contributed by atoms with Crippen LogP contribution >= 0.6 is 0 Å². The molecule has 1 aliphatic rings. The molecule has 0 bridgehead atoms. The minimum atomic E-state index is -2.95. The highest BCUT2D eigenvalue weighted by atomic mass is 32.2. The third-order valence-electron chi connectivity index (χ3n) is 3.02. The first-order chi connectivity index (χ1) is 8.06. The van der Waals surface area contributed by atoms with Crippen LogP contribution in [0.3, 0.4) is 0 Å². The van der Waals surface area contributed by atoms with Crippen molar-refractivity contribution in [2.75, 3.05) is 18.8 Å². The molecule has 1 aliphatic heterocycles. The molecule has 0 saturated carbocycles. The fraction of sp³-hybridized carbons (Fsp3) is 0.909. The van der Waals surface area contributed by atoms with E-state index in [2.05, 4.69) is 17.6 Å². The number of hydrogen-bond acceptors (Lipinski definition) is 3. The molecule has 5 nitrogen and oxygen atoms in total. The van der Waals surface area contributed by atoms with E-state index in [1.54, 1.807) is 0 Å². The fourth-order valence-corrected chi connectivity index (χ4v) is 3.70. The predicted molar refractivity (Wildman–Crippen MR) is 67.7 cm³/mol. The number of rotatable bonds is 6. The molecule has 1 saturated heterocycles. The maximum absolute atomic E-state index is 11.5. The maximum Gasteiger partial charge on any atom is 0.314 e. The van der Waals surface area contributed by atoms with Crippen molar-refractivity contribution in [1.29, 1.82) is 0 Å². The number of carbonyl (C=O) groups is 1. The zero-order valence-corrected chi connectivity index (χ0v) is 11.2. The molecule has 0 spiro atoms. The van der Waals surface area contributed by atoms with E-state index in [9.17, 15) is 13.2 Å². The number of hydrogen-bond donors (Lipinski definition) is 2. The number of nitrogens with one attached hydrogen (secondary N) is 2. The predicted octanol–water partition coefficient (Wildman–Crippen LogP) is 1.05. The van der Waals surface area contributed by atoms with Crippen LogP contribution in [0, 0.1) is 0 Å². The van der Waals surface area contributed by atoms with E-state index >= 15 is 0 Å². The van der Waals surface area contributed by atoms with E-state index < -0.39 is 9.84 Å². The first kappa shape index (κ1) is 14.3. The normalized spacial score (nSPS) is 22.3. The van der Waals surface area contributed by atoms with Gasteiger partial charge in [-0.05, 0) is 19.3 Å². The van der Waals surface area contributed by atoms with Gasteiger partial charge in [0.25, 0.3) is 0 Å². The monoisotopic (exact) mass is 262 g/mol. The molecule has 0 aliphatic carbocycles. The van der Waals surface area contributed by atoms with Gasteiger partial charge in [-0.2, -0.15) is 0 Å². The maximum atomic E-state index is 11.5. The zero-order chi connectivity index (χ0) is 12.7. The second-order valence-electron chi connectivity index (χ2n) is 4.48. The average Bonchev–Trinajstić information content (AvgIpc) is 2.61. The van der Waals surface area contributed by atoms with Crippen molar-refractivity contribution in [3.63, 3.8) is 0 Å². The lowest BCUT2D eigenvalue weighted by Gasteiger charge is -2.11. The van der Waals surface area contributed by atoms with Crippen LogP contribution in [0.15, 0.2) is 0 Å². The summed E-state index contributed by atoms with van der Waals surface area (Å²) in [5, 5.41) is 4.97. The number of unbranched alkanes of at least 4 members (excludes halogenated alkanes) is 2. The minimum Gasteiger partial charge on any atom is -0.338 e. The molecule has 0 aromatic carbocycles. The van der Waals surface area contributed by atoms with E-state index in [0.29, 0.717) is 19.4 Å². The van der Waals surface area contributed by atoms with Gasteiger partial charge in [0.15, 0.2) is 9.84 Å². The third kappa shape index (κ3) is 4.93. The van der Waals surface area contributed by atoms with Crippen LogP contribution in [0.4, 0.5) is 4.79 Å². The molecule has 17 heavy (non-hydrogen) atoms. The third-order valence-corrected chi connectivity index (χ3v) is 5.29. The van der Waals surface area contributed by atoms with Crippen LogP contribution in [-0.4, -0.2) is 38.5 Å². The number of amides is 2. The standard InChI is InChI=1S/C11H22N2O3S/c1-2-3-4-7-12-11(14)13-9-10-6-5-8-17(10,15)16/h10H,2-9H2,1H3,(H2,12,13,14)/t10-/m0/s1. The molecule has 0 aromatic rings. The summed E-state index contributed by atoms with van der Waals surface area (Å²) >= 11 is 0. The fourth-order valence-electron chi connectivity index (χ4n) is 1.93. The summed E-state index contributed by atoms with van der Waals surface area (Å²) in [7, 11) is -2.95. The molecule has 1 fully saturated rings. The van der Waals surface area contributed by atoms with Gasteiger partial charge in [0.05, 0.1) is 11.0 Å². The van der Waals surface area contributed by atoms with Crippen molar-refractivity contribution in [3.8, 4) is 0 Å². The Bertz CT molecular complexity index is 341. The minimum absolute atomic E-state index is 0.238. The Kier molecular flexibility index (Phi) is 5.74. The van der Waals surface area contributed by atoms with E-state index in [1.807, 2.05) is 0 Å². The van der Waals surface area contributed by atoms with Crippen molar-refractivity contribution in [2.24, 2.45) is 0 Å². The van der Waals surface area contributed by atoms with E-state index in [4.69, 9.17) is 0 Å². The van der Waals surface area contributed by atoms with Gasteiger partial charge in [0.2, 0.25) is 0 Å². The summed E-state index contributed by atoms with van der Waals surface area (Å²) in [6.07, 6.45) is 4.55. The van der Waals surface area contributed by atoms with Gasteiger partial charge in [-0.1, -0.05) is 19.8 Å². The molecular weight excluding hydrogens is 240 g/mol. The highest BCUT2D eigenvalue weighted by molar-refractivity contribution is 7.92. The number of sulfone groups is 1. The van der Waals surface area contributed by atoms with Crippen molar-refractivity contribution in [1.82, 2.24) is 10.6 Å². The highest BCUT2D eigenvalue weighted by Gasteiger charge is 2.31. The molecule has 1 atom stereocenters. The Morgan fingerprint density at radius 1 is 1.29 bits per heavy atom. The highest BCUT2D eigenvalue weighted by Crippen LogP contribution is 2.18. The largest absolute Gasteiger partial charge is 0.338 e. The zero-order valence-electron chi connectivity index (χ0n) is 10.4. The van der Waals surface area contributed by atoms with Gasteiger partial charge < -0.3 is 10.6 Å². The summed E-state index contributed by atoms with van der Waals surface area (Å²) in [6, 6.07) is -0.261. The van der Waals surface area contributed by atoms with Crippen LogP contribution < -0.4 is 10.6 Å². The smallest absolute Gasteiger partial charge is 0.314 e. The molecule has 0 aromatic heterocycles. The SMILES string of the molecule is CCCCCNC(=O)NC[C@@H]1CCCS1(=O)=O. The summed E-state index contributed by atoms with van der Waals surface area (Å²) in [5.74, 6) is 0.261. The second-order valence-corrected chi connectivity index (χ2v) is 6.88. The van der Waals surface area contributed by atoms with Gasteiger partial charge in [-0.25, -0.2) is 13.2 Å². The first-order valence-corrected chi connectivity index (χ1v) is 8.01. The molecule has 1 rings (SSSR count). The molecule has 2 amide bonds. The molecule has 0 radical (unpaired) electrons. The van der Waals surface area contributed by atoms with Gasteiger partial charge >= 0.3 is 6.03 Å². The first-order valence-electron chi connectivity index (χ1n) is 6.29. The quantitative estimate of drug-likeness (QED) is 0.703. The Hall–Kier alpha value is -0.780. The van der Waals surface area contributed by atoms with E-state index in [-0.39, 0.29) is 23.6 Å². The van der Waals surface area contributed by atoms with E-state index in [0.717, 1.165) is 19.3 Å². The van der Waals surface area contributed by atoms with Crippen LogP contribution in [-0.2, 0) is 9.84 Å². The topological polar surface area (TPSA) is 75.3 Å². The van der Waals surface area contributed by atoms with Gasteiger partial charge in [-0.15, -0.1) is 0 Å². The second kappa shape index (κ2) is 6.83. The van der Waals surface area contributed by atoms with Crippen LogP contribution in [0.25, 0.3) is 0 Å². The lowest BCUT2D eigenvalue weighted by molar-refractivity contribution is 0.240. The number of carbonyl (C=O) groups excluding carboxylic acids is 1. The van der Waals surface area contributed by atoms with Crippen LogP contribution in [0.2, 0.25) is 0 Å². The van der Waals surface area contributed by atoms with Crippen molar-refractivity contribution in [2.45, 2.75) is 44.3 Å². The molecule has 100 valence electrons. The summed E-state index contributed by atoms with van der Waals surface area (Å²) in [6.45, 7) is 2.99. The lowest BCUT2D eigenvalue weighted by atomic mass is 10.2. The van der Waals surface area contributed by atoms with Crippen LogP contribution in [0.5, 0.6) is 0 Å². The van der Waals surface area contributed by atoms with Gasteiger partial charge in [0.1, 0.15) is 0 Å². The Morgan fingerprint density at radius 3 is 2.65 bits per heavy atom. The molecular formula is C11H22N2O3S. The Balaban J connectivity index is 2.15. The summed E-state index contributed by atoms with van der Waals surface area (Å²) in [4.78, 5) is 11.4. The lowest BCUT2D eigenvalue weighted by Crippen LogP contribution is -2.41. The Morgan fingerprint density at radius 2 is 2.06 bits per heavy atom. The van der Waals surface area contributed by atoms with Crippen LogP contribution in [0.1, 0.15) is 39.0 Å². The molecule has 2 N–H and O–H groups in total. The Labute approximate surface area is 103 Å². The summed E-state index contributed by atoms with van der Waals surface area (Å²) in [5.41, 5.74) is 0.